The predicted molar refractivity (Wildman–Crippen MR) is 84.2 cm³/mol. The second-order valence-electron chi connectivity index (χ2n) is 7.03. The second kappa shape index (κ2) is 5.74. The minimum absolute atomic E-state index is 0.245. The molecule has 1 aromatic rings. The highest BCUT2D eigenvalue weighted by Gasteiger charge is 2.34. The van der Waals surface area contributed by atoms with Crippen LogP contribution in [0.15, 0.2) is 17.2 Å². The summed E-state index contributed by atoms with van der Waals surface area (Å²) in [5, 5.41) is 0. The van der Waals surface area contributed by atoms with Crippen LogP contribution >= 0.6 is 0 Å². The molecule has 6 heteroatoms. The molecule has 0 unspecified atom stereocenters. The third-order valence-corrected chi connectivity index (χ3v) is 6.47. The molecule has 1 aliphatic heterocycles. The van der Waals surface area contributed by atoms with Gasteiger partial charge in [0.2, 0.25) is 10.0 Å². The molecule has 0 aliphatic carbocycles. The Bertz CT molecular complexity index is 591. The number of piperidine rings is 1. The Kier molecular flexibility index (Phi) is 4.52. The molecule has 0 spiro atoms. The molecular formula is C15H27N3O2S. The molecule has 1 aliphatic rings. The zero-order valence-electron chi connectivity index (χ0n) is 13.5. The van der Waals surface area contributed by atoms with Gasteiger partial charge in [-0.3, -0.25) is 0 Å². The van der Waals surface area contributed by atoms with E-state index < -0.39 is 10.0 Å². The van der Waals surface area contributed by atoms with Crippen molar-refractivity contribution in [3.8, 4) is 0 Å². The van der Waals surface area contributed by atoms with Crippen molar-refractivity contribution < 1.29 is 8.42 Å². The van der Waals surface area contributed by atoms with Crippen molar-refractivity contribution in [2.45, 2.75) is 45.1 Å². The van der Waals surface area contributed by atoms with Crippen LogP contribution in [0.5, 0.6) is 0 Å². The molecule has 0 bridgehead atoms. The minimum atomic E-state index is -3.39. The van der Waals surface area contributed by atoms with E-state index in [4.69, 9.17) is 5.73 Å². The summed E-state index contributed by atoms with van der Waals surface area (Å²) in [4.78, 5) is 0.361. The van der Waals surface area contributed by atoms with E-state index in [9.17, 15) is 8.42 Å². The van der Waals surface area contributed by atoms with Crippen LogP contribution < -0.4 is 5.73 Å². The van der Waals surface area contributed by atoms with E-state index in [2.05, 4.69) is 20.8 Å². The number of hydrogen-bond donors (Lipinski definition) is 1. The van der Waals surface area contributed by atoms with E-state index in [1.165, 1.54) is 0 Å². The molecule has 0 radical (unpaired) electrons. The quantitative estimate of drug-likeness (QED) is 0.927. The first kappa shape index (κ1) is 16.5. The van der Waals surface area contributed by atoms with Gasteiger partial charge in [-0.2, -0.15) is 4.31 Å². The number of nitrogens with zero attached hydrogens (tertiary/aromatic N) is 2. The Labute approximate surface area is 128 Å². The Morgan fingerprint density at radius 3 is 2.29 bits per heavy atom. The molecule has 120 valence electrons. The first-order valence-corrected chi connectivity index (χ1v) is 8.95. The van der Waals surface area contributed by atoms with Crippen LogP contribution in [0.3, 0.4) is 0 Å². The molecule has 1 aromatic heterocycles. The SMILES string of the molecule is Cn1cc(S(=O)(=O)N2CCC(C(C)(C)C)CC2)cc1CN. The van der Waals surface area contributed by atoms with E-state index in [0.717, 1.165) is 18.5 Å². The monoisotopic (exact) mass is 313 g/mol. The second-order valence-corrected chi connectivity index (χ2v) is 8.96. The number of nitrogens with two attached hydrogens (primary N) is 1. The summed E-state index contributed by atoms with van der Waals surface area (Å²) in [5.41, 5.74) is 6.70. The van der Waals surface area contributed by atoms with Gasteiger partial charge in [0.1, 0.15) is 4.90 Å². The largest absolute Gasteiger partial charge is 0.352 e. The number of hydrogen-bond acceptors (Lipinski definition) is 3. The van der Waals surface area contributed by atoms with Crippen molar-refractivity contribution >= 4 is 10.0 Å². The normalized spacial score (nSPS) is 19.1. The molecule has 1 fully saturated rings. The lowest BCUT2D eigenvalue weighted by molar-refractivity contribution is 0.154. The maximum Gasteiger partial charge on any atom is 0.244 e. The molecule has 0 aromatic carbocycles. The lowest BCUT2D eigenvalue weighted by Crippen LogP contribution is -2.41. The van der Waals surface area contributed by atoms with E-state index >= 15 is 0 Å². The van der Waals surface area contributed by atoms with Gasteiger partial charge in [-0.05, 0) is 30.2 Å². The van der Waals surface area contributed by atoms with Crippen LogP contribution in [0.1, 0.15) is 39.3 Å². The van der Waals surface area contributed by atoms with Gasteiger partial charge < -0.3 is 10.3 Å². The molecule has 5 nitrogen and oxygen atoms in total. The summed E-state index contributed by atoms with van der Waals surface area (Å²) < 4.78 is 28.8. The van der Waals surface area contributed by atoms with Crippen molar-refractivity contribution in [2.75, 3.05) is 13.1 Å². The van der Waals surface area contributed by atoms with Gasteiger partial charge in [0.05, 0.1) is 0 Å². The first-order valence-electron chi connectivity index (χ1n) is 7.51. The number of aryl methyl sites for hydroxylation is 1. The summed E-state index contributed by atoms with van der Waals surface area (Å²) in [6.07, 6.45) is 3.52. The van der Waals surface area contributed by atoms with Crippen molar-refractivity contribution in [1.82, 2.24) is 8.87 Å². The Morgan fingerprint density at radius 1 is 1.29 bits per heavy atom. The maximum absolute atomic E-state index is 12.7. The van der Waals surface area contributed by atoms with Gasteiger partial charge in [-0.15, -0.1) is 0 Å². The molecule has 2 N–H and O–H groups in total. The molecule has 21 heavy (non-hydrogen) atoms. The maximum atomic E-state index is 12.7. The Balaban J connectivity index is 2.15. The average Bonchev–Trinajstić information content (AvgIpc) is 2.80. The third-order valence-electron chi connectivity index (χ3n) is 4.61. The van der Waals surface area contributed by atoms with E-state index in [1.54, 1.807) is 21.1 Å². The molecule has 1 saturated heterocycles. The summed E-state index contributed by atoms with van der Waals surface area (Å²) in [6.45, 7) is 8.25. The molecule has 2 rings (SSSR count). The molecular weight excluding hydrogens is 286 g/mol. The van der Waals surface area contributed by atoms with Gasteiger partial charge in [0.25, 0.3) is 0 Å². The fourth-order valence-electron chi connectivity index (χ4n) is 3.03. The summed E-state index contributed by atoms with van der Waals surface area (Å²) in [7, 11) is -1.56. The van der Waals surface area contributed by atoms with Crippen LogP contribution in [0.25, 0.3) is 0 Å². The van der Waals surface area contributed by atoms with Crippen molar-refractivity contribution in [2.24, 2.45) is 24.1 Å². The topological polar surface area (TPSA) is 68.3 Å². The van der Waals surface area contributed by atoms with Crippen molar-refractivity contribution in [1.29, 1.82) is 0 Å². The van der Waals surface area contributed by atoms with Crippen LogP contribution in [0, 0.1) is 11.3 Å². The Hall–Kier alpha value is -0.850. The predicted octanol–water partition coefficient (Wildman–Crippen LogP) is 1.93. The third kappa shape index (κ3) is 3.33. The summed E-state index contributed by atoms with van der Waals surface area (Å²) in [6, 6.07) is 1.69. The van der Waals surface area contributed by atoms with Crippen molar-refractivity contribution in [3.05, 3.63) is 18.0 Å². The highest BCUT2D eigenvalue weighted by atomic mass is 32.2. The van der Waals surface area contributed by atoms with Crippen LogP contribution in [-0.4, -0.2) is 30.4 Å². The van der Waals surface area contributed by atoms with Crippen LogP contribution in [0.2, 0.25) is 0 Å². The number of rotatable bonds is 3. The lowest BCUT2D eigenvalue weighted by Gasteiger charge is -2.38. The molecule has 0 saturated carbocycles. The zero-order chi connectivity index (χ0) is 15.8. The highest BCUT2D eigenvalue weighted by molar-refractivity contribution is 7.89. The lowest BCUT2D eigenvalue weighted by atomic mass is 9.76. The fraction of sp³-hybridized carbons (Fsp3) is 0.733. The number of aromatic nitrogens is 1. The van der Waals surface area contributed by atoms with Crippen LogP contribution in [0.4, 0.5) is 0 Å². The van der Waals surface area contributed by atoms with Crippen molar-refractivity contribution in [3.63, 3.8) is 0 Å². The van der Waals surface area contributed by atoms with Gasteiger partial charge in [-0.1, -0.05) is 20.8 Å². The first-order chi connectivity index (χ1) is 9.66. The highest BCUT2D eigenvalue weighted by Crippen LogP contribution is 2.35. The summed E-state index contributed by atoms with van der Waals surface area (Å²) >= 11 is 0. The van der Waals surface area contributed by atoms with Gasteiger partial charge in [0.15, 0.2) is 0 Å². The van der Waals surface area contributed by atoms with E-state index in [-0.39, 0.29) is 5.41 Å². The zero-order valence-corrected chi connectivity index (χ0v) is 14.3. The summed E-state index contributed by atoms with van der Waals surface area (Å²) in [5.74, 6) is 0.583. The Morgan fingerprint density at radius 2 is 1.86 bits per heavy atom. The van der Waals surface area contributed by atoms with E-state index in [1.807, 2.05) is 7.05 Å². The smallest absolute Gasteiger partial charge is 0.244 e. The van der Waals surface area contributed by atoms with Gasteiger partial charge >= 0.3 is 0 Å². The van der Waals surface area contributed by atoms with Gasteiger partial charge in [0, 0.05) is 38.6 Å². The van der Waals surface area contributed by atoms with Crippen LogP contribution in [-0.2, 0) is 23.6 Å². The molecule has 0 amide bonds. The molecule has 0 atom stereocenters. The molecule has 2 heterocycles. The van der Waals surface area contributed by atoms with E-state index in [0.29, 0.717) is 30.4 Å². The fourth-order valence-corrected chi connectivity index (χ4v) is 4.60. The number of sulfonamides is 1. The standard InChI is InChI=1S/C15H27N3O2S/c1-15(2,3)12-5-7-18(8-6-12)21(19,20)14-9-13(10-16)17(4)11-14/h9,11-12H,5-8,10,16H2,1-4H3. The minimum Gasteiger partial charge on any atom is -0.352 e. The average molecular weight is 313 g/mol. The van der Waals surface area contributed by atoms with Gasteiger partial charge in [-0.25, -0.2) is 8.42 Å².